The third-order valence-electron chi connectivity index (χ3n) is 3.37. The maximum Gasteiger partial charge on any atom is 0.416 e. The molecule has 1 aromatic carbocycles. The van der Waals surface area contributed by atoms with Crippen molar-refractivity contribution in [3.05, 3.63) is 35.4 Å². The van der Waals surface area contributed by atoms with Crippen molar-refractivity contribution >= 4 is 0 Å². The van der Waals surface area contributed by atoms with Crippen molar-refractivity contribution in [3.63, 3.8) is 0 Å². The summed E-state index contributed by atoms with van der Waals surface area (Å²) in [6.45, 7) is 3.32. The molecular formula is C14H18F3NO2. The maximum absolute atomic E-state index is 12.5. The fraction of sp³-hybridized carbons (Fsp3) is 0.571. The largest absolute Gasteiger partial charge is 0.416 e. The van der Waals surface area contributed by atoms with Crippen molar-refractivity contribution in [2.24, 2.45) is 0 Å². The summed E-state index contributed by atoms with van der Waals surface area (Å²) in [6.07, 6.45) is -4.22. The van der Waals surface area contributed by atoms with Gasteiger partial charge in [-0.05, 0) is 24.1 Å². The Morgan fingerprint density at radius 2 is 1.85 bits per heavy atom. The SMILES string of the molecule is O[C@H](CN1CCCOCC1)c1ccc(C(F)(F)F)cc1. The Morgan fingerprint density at radius 3 is 2.50 bits per heavy atom. The van der Waals surface area contributed by atoms with Crippen LogP contribution in [0.4, 0.5) is 13.2 Å². The monoisotopic (exact) mass is 289 g/mol. The quantitative estimate of drug-likeness (QED) is 0.928. The van der Waals surface area contributed by atoms with Gasteiger partial charge in [0, 0.05) is 26.2 Å². The third kappa shape index (κ3) is 4.19. The van der Waals surface area contributed by atoms with Crippen LogP contribution in [0.2, 0.25) is 0 Å². The van der Waals surface area contributed by atoms with E-state index in [1.54, 1.807) is 0 Å². The van der Waals surface area contributed by atoms with Gasteiger partial charge in [-0.25, -0.2) is 0 Å². The lowest BCUT2D eigenvalue weighted by atomic mass is 10.1. The molecule has 6 heteroatoms. The lowest BCUT2D eigenvalue weighted by molar-refractivity contribution is -0.137. The van der Waals surface area contributed by atoms with Gasteiger partial charge in [0.05, 0.1) is 18.3 Å². The normalized spacial score (nSPS) is 19.6. The van der Waals surface area contributed by atoms with Gasteiger partial charge in [0.25, 0.3) is 0 Å². The van der Waals surface area contributed by atoms with Crippen molar-refractivity contribution in [3.8, 4) is 0 Å². The van der Waals surface area contributed by atoms with Crippen LogP contribution in [0.1, 0.15) is 23.7 Å². The minimum atomic E-state index is -4.34. The molecule has 1 fully saturated rings. The van der Waals surface area contributed by atoms with E-state index < -0.39 is 17.8 Å². The van der Waals surface area contributed by atoms with Crippen LogP contribution in [0, 0.1) is 0 Å². The highest BCUT2D eigenvalue weighted by atomic mass is 19.4. The van der Waals surface area contributed by atoms with E-state index in [1.807, 2.05) is 0 Å². The smallest absolute Gasteiger partial charge is 0.387 e. The van der Waals surface area contributed by atoms with Crippen molar-refractivity contribution in [1.29, 1.82) is 0 Å². The topological polar surface area (TPSA) is 32.7 Å². The number of benzene rings is 1. The van der Waals surface area contributed by atoms with Gasteiger partial charge in [0.1, 0.15) is 0 Å². The predicted octanol–water partition coefficient (Wildman–Crippen LogP) is 2.46. The molecule has 1 atom stereocenters. The van der Waals surface area contributed by atoms with E-state index in [9.17, 15) is 18.3 Å². The molecule has 112 valence electrons. The minimum absolute atomic E-state index is 0.411. The number of β-amino-alcohol motifs (C(OH)–C–C–N with tert-alkyl or cyclic N) is 1. The fourth-order valence-corrected chi connectivity index (χ4v) is 2.22. The molecular weight excluding hydrogens is 271 g/mol. The standard InChI is InChI=1S/C14H18F3NO2/c15-14(16,17)12-4-2-11(3-5-12)13(19)10-18-6-1-8-20-9-7-18/h2-5,13,19H,1,6-10H2/t13-/m1/s1. The van der Waals surface area contributed by atoms with Crippen LogP contribution in [0.25, 0.3) is 0 Å². The van der Waals surface area contributed by atoms with Crippen LogP contribution < -0.4 is 0 Å². The van der Waals surface area contributed by atoms with Crippen molar-refractivity contribution in [2.75, 3.05) is 32.8 Å². The Labute approximate surface area is 116 Å². The second kappa shape index (κ2) is 6.56. The zero-order valence-corrected chi connectivity index (χ0v) is 11.1. The molecule has 0 amide bonds. The van der Waals surface area contributed by atoms with Gasteiger partial charge in [-0.15, -0.1) is 0 Å². The average Bonchev–Trinajstić information content (AvgIpc) is 2.66. The van der Waals surface area contributed by atoms with Crippen LogP contribution in [0.15, 0.2) is 24.3 Å². The molecule has 0 unspecified atom stereocenters. The minimum Gasteiger partial charge on any atom is -0.387 e. The first kappa shape index (κ1) is 15.3. The van der Waals surface area contributed by atoms with E-state index >= 15 is 0 Å². The molecule has 0 bridgehead atoms. The molecule has 1 N–H and O–H groups in total. The first-order valence-electron chi connectivity index (χ1n) is 6.62. The Balaban J connectivity index is 1.96. The second-order valence-electron chi connectivity index (χ2n) is 4.90. The number of alkyl halides is 3. The Hall–Kier alpha value is -1.11. The molecule has 20 heavy (non-hydrogen) atoms. The molecule has 1 aromatic rings. The number of hydrogen-bond acceptors (Lipinski definition) is 3. The van der Waals surface area contributed by atoms with Crippen LogP contribution in [0.3, 0.4) is 0 Å². The molecule has 1 saturated heterocycles. The highest BCUT2D eigenvalue weighted by Crippen LogP contribution is 2.30. The van der Waals surface area contributed by atoms with Crippen molar-refractivity contribution < 1.29 is 23.0 Å². The molecule has 3 nitrogen and oxygen atoms in total. The second-order valence-corrected chi connectivity index (χ2v) is 4.90. The van der Waals surface area contributed by atoms with Gasteiger partial charge < -0.3 is 9.84 Å². The zero-order chi connectivity index (χ0) is 14.6. The van der Waals surface area contributed by atoms with Crippen LogP contribution >= 0.6 is 0 Å². The van der Waals surface area contributed by atoms with Crippen LogP contribution in [-0.2, 0) is 10.9 Å². The highest BCUT2D eigenvalue weighted by Gasteiger charge is 2.30. The molecule has 1 heterocycles. The first-order valence-corrected chi connectivity index (χ1v) is 6.62. The van der Waals surface area contributed by atoms with E-state index in [1.165, 1.54) is 12.1 Å². The van der Waals surface area contributed by atoms with E-state index in [4.69, 9.17) is 4.74 Å². The Kier molecular flexibility index (Phi) is 5.01. The van der Waals surface area contributed by atoms with Gasteiger partial charge in [-0.2, -0.15) is 13.2 Å². The Morgan fingerprint density at radius 1 is 1.15 bits per heavy atom. The van der Waals surface area contributed by atoms with Gasteiger partial charge in [-0.3, -0.25) is 4.90 Å². The summed E-state index contributed by atoms with van der Waals surface area (Å²) in [5.41, 5.74) is -0.195. The van der Waals surface area contributed by atoms with E-state index in [0.29, 0.717) is 25.3 Å². The number of halogens is 3. The van der Waals surface area contributed by atoms with Gasteiger partial charge in [0.2, 0.25) is 0 Å². The molecule has 0 saturated carbocycles. The number of nitrogens with zero attached hydrogens (tertiary/aromatic N) is 1. The van der Waals surface area contributed by atoms with Crippen LogP contribution in [0.5, 0.6) is 0 Å². The van der Waals surface area contributed by atoms with E-state index in [-0.39, 0.29) is 0 Å². The molecule has 1 aliphatic rings. The van der Waals surface area contributed by atoms with Gasteiger partial charge in [-0.1, -0.05) is 12.1 Å². The average molecular weight is 289 g/mol. The van der Waals surface area contributed by atoms with Gasteiger partial charge >= 0.3 is 6.18 Å². The summed E-state index contributed by atoms with van der Waals surface area (Å²) in [7, 11) is 0. The number of ether oxygens (including phenoxy) is 1. The number of aliphatic hydroxyl groups is 1. The fourth-order valence-electron chi connectivity index (χ4n) is 2.22. The molecule has 2 rings (SSSR count). The summed E-state index contributed by atoms with van der Waals surface area (Å²) in [5, 5.41) is 10.1. The predicted molar refractivity (Wildman–Crippen MR) is 68.3 cm³/mol. The van der Waals surface area contributed by atoms with E-state index in [0.717, 1.165) is 31.6 Å². The van der Waals surface area contributed by atoms with Crippen molar-refractivity contribution in [1.82, 2.24) is 4.90 Å². The first-order chi connectivity index (χ1) is 9.47. The summed E-state index contributed by atoms with van der Waals surface area (Å²) < 4.78 is 42.7. The molecule has 0 aromatic heterocycles. The molecule has 0 aliphatic carbocycles. The summed E-state index contributed by atoms with van der Waals surface area (Å²) in [5.74, 6) is 0. The summed E-state index contributed by atoms with van der Waals surface area (Å²) in [4.78, 5) is 2.06. The molecule has 0 spiro atoms. The van der Waals surface area contributed by atoms with Gasteiger partial charge in [0.15, 0.2) is 0 Å². The zero-order valence-electron chi connectivity index (χ0n) is 11.1. The Bertz CT molecular complexity index is 411. The highest BCUT2D eigenvalue weighted by molar-refractivity contribution is 5.26. The number of hydrogen-bond donors (Lipinski definition) is 1. The van der Waals surface area contributed by atoms with E-state index in [2.05, 4.69) is 4.90 Å². The summed E-state index contributed by atoms with van der Waals surface area (Å²) in [6, 6.07) is 4.68. The molecule has 1 aliphatic heterocycles. The number of aliphatic hydroxyl groups excluding tert-OH is 1. The maximum atomic E-state index is 12.5. The van der Waals surface area contributed by atoms with Crippen molar-refractivity contribution in [2.45, 2.75) is 18.7 Å². The molecule has 0 radical (unpaired) electrons. The lowest BCUT2D eigenvalue weighted by Crippen LogP contribution is -2.31. The summed E-state index contributed by atoms with van der Waals surface area (Å²) >= 11 is 0. The van der Waals surface area contributed by atoms with Crippen LogP contribution in [-0.4, -0.2) is 42.9 Å². The lowest BCUT2D eigenvalue weighted by Gasteiger charge is -2.23. The third-order valence-corrected chi connectivity index (χ3v) is 3.37. The number of rotatable bonds is 3.